The van der Waals surface area contributed by atoms with Crippen molar-refractivity contribution in [1.82, 2.24) is 0 Å². The van der Waals surface area contributed by atoms with E-state index in [-0.39, 0.29) is 5.91 Å². The fourth-order valence-corrected chi connectivity index (χ4v) is 2.38. The number of nitrogen functional groups attached to an aromatic ring is 1. The Bertz CT molecular complexity index is 644. The Morgan fingerprint density at radius 2 is 2.10 bits per heavy atom. The minimum absolute atomic E-state index is 0.0400. The lowest BCUT2D eigenvalue weighted by Crippen LogP contribution is -2.12. The average Bonchev–Trinajstić information content (AvgIpc) is 2.47. The zero-order valence-electron chi connectivity index (χ0n) is 11.7. The van der Waals surface area contributed by atoms with E-state index in [0.29, 0.717) is 30.0 Å². The fraction of sp³-hybridized carbons (Fsp3) is 0.188. The molecule has 0 saturated carbocycles. The highest BCUT2D eigenvalue weighted by atomic mass is 79.9. The van der Waals surface area contributed by atoms with E-state index in [1.807, 2.05) is 36.4 Å². The summed E-state index contributed by atoms with van der Waals surface area (Å²) >= 11 is 3.38. The number of methoxy groups -OCH3 is 1. The van der Waals surface area contributed by atoms with Crippen LogP contribution in [-0.2, 0) is 11.2 Å². The van der Waals surface area contributed by atoms with Crippen LogP contribution in [0.3, 0.4) is 0 Å². The molecule has 0 radical (unpaired) electrons. The number of benzene rings is 2. The first-order valence-corrected chi connectivity index (χ1v) is 7.35. The summed E-state index contributed by atoms with van der Waals surface area (Å²) in [5.41, 5.74) is 8.20. The van der Waals surface area contributed by atoms with Gasteiger partial charge in [-0.2, -0.15) is 0 Å². The third kappa shape index (κ3) is 4.49. The molecular formula is C16H17BrN2O2. The van der Waals surface area contributed by atoms with E-state index in [9.17, 15) is 4.79 Å². The third-order valence-corrected chi connectivity index (χ3v) is 3.68. The van der Waals surface area contributed by atoms with E-state index in [2.05, 4.69) is 21.2 Å². The standard InChI is InChI=1S/C16H17BrN2O2/c1-21-15-10-13(6-7-14(15)17)19-16(20)8-5-11-3-2-4-12(18)9-11/h2-4,6-7,9-10H,5,8,18H2,1H3,(H,19,20). The Hall–Kier alpha value is -2.01. The van der Waals surface area contributed by atoms with Crippen LogP contribution in [0.4, 0.5) is 11.4 Å². The first-order valence-electron chi connectivity index (χ1n) is 6.56. The van der Waals surface area contributed by atoms with E-state index < -0.39 is 0 Å². The molecule has 0 aliphatic carbocycles. The number of nitrogens with one attached hydrogen (secondary N) is 1. The van der Waals surface area contributed by atoms with Gasteiger partial charge in [0.15, 0.2) is 0 Å². The smallest absolute Gasteiger partial charge is 0.224 e. The number of ether oxygens (including phenoxy) is 1. The molecule has 2 rings (SSSR count). The number of nitrogens with two attached hydrogens (primary N) is 1. The first kappa shape index (κ1) is 15.4. The molecule has 0 atom stereocenters. The SMILES string of the molecule is COc1cc(NC(=O)CCc2cccc(N)c2)ccc1Br. The minimum Gasteiger partial charge on any atom is -0.495 e. The fourth-order valence-electron chi connectivity index (χ4n) is 1.97. The molecule has 0 spiro atoms. The van der Waals surface area contributed by atoms with Crippen molar-refractivity contribution in [3.05, 3.63) is 52.5 Å². The van der Waals surface area contributed by atoms with Gasteiger partial charge in [0.1, 0.15) is 5.75 Å². The Kier molecular flexibility index (Phi) is 5.22. The Morgan fingerprint density at radius 1 is 1.29 bits per heavy atom. The second-order valence-electron chi connectivity index (χ2n) is 4.64. The number of anilines is 2. The molecule has 0 aliphatic heterocycles. The van der Waals surface area contributed by atoms with Crippen molar-refractivity contribution in [3.8, 4) is 5.75 Å². The van der Waals surface area contributed by atoms with Gasteiger partial charge in [-0.15, -0.1) is 0 Å². The Balaban J connectivity index is 1.93. The maximum atomic E-state index is 12.0. The van der Waals surface area contributed by atoms with Crippen LogP contribution in [-0.4, -0.2) is 13.0 Å². The van der Waals surface area contributed by atoms with Crippen LogP contribution in [0.25, 0.3) is 0 Å². The highest BCUT2D eigenvalue weighted by molar-refractivity contribution is 9.10. The van der Waals surface area contributed by atoms with Gasteiger partial charge in [-0.1, -0.05) is 12.1 Å². The van der Waals surface area contributed by atoms with Gasteiger partial charge in [-0.05, 0) is 52.2 Å². The first-order chi connectivity index (χ1) is 10.1. The van der Waals surface area contributed by atoms with Crippen LogP contribution in [0.2, 0.25) is 0 Å². The second kappa shape index (κ2) is 7.13. The van der Waals surface area contributed by atoms with Gasteiger partial charge in [0.05, 0.1) is 11.6 Å². The van der Waals surface area contributed by atoms with Gasteiger partial charge in [0.2, 0.25) is 5.91 Å². The highest BCUT2D eigenvalue weighted by Crippen LogP contribution is 2.27. The quantitative estimate of drug-likeness (QED) is 0.811. The van der Waals surface area contributed by atoms with Crippen LogP contribution in [0.1, 0.15) is 12.0 Å². The van der Waals surface area contributed by atoms with Gasteiger partial charge in [-0.3, -0.25) is 4.79 Å². The molecule has 110 valence electrons. The maximum Gasteiger partial charge on any atom is 0.224 e. The predicted octanol–water partition coefficient (Wildman–Crippen LogP) is 3.61. The molecule has 0 saturated heterocycles. The van der Waals surface area contributed by atoms with Crippen molar-refractivity contribution >= 4 is 33.2 Å². The second-order valence-corrected chi connectivity index (χ2v) is 5.50. The molecule has 1 amide bonds. The van der Waals surface area contributed by atoms with Crippen LogP contribution in [0.15, 0.2) is 46.9 Å². The highest BCUT2D eigenvalue weighted by Gasteiger charge is 2.06. The Morgan fingerprint density at radius 3 is 2.81 bits per heavy atom. The van der Waals surface area contributed by atoms with Gasteiger partial charge < -0.3 is 15.8 Å². The molecule has 4 nitrogen and oxygen atoms in total. The third-order valence-electron chi connectivity index (χ3n) is 3.03. The molecule has 0 aromatic heterocycles. The van der Waals surface area contributed by atoms with Crippen molar-refractivity contribution < 1.29 is 9.53 Å². The number of halogens is 1. The summed E-state index contributed by atoms with van der Waals surface area (Å²) in [6, 6.07) is 13.0. The van der Waals surface area contributed by atoms with E-state index in [0.717, 1.165) is 10.0 Å². The summed E-state index contributed by atoms with van der Waals surface area (Å²) in [7, 11) is 1.59. The number of hydrogen-bond acceptors (Lipinski definition) is 3. The van der Waals surface area contributed by atoms with E-state index in [4.69, 9.17) is 10.5 Å². The lowest BCUT2D eigenvalue weighted by molar-refractivity contribution is -0.116. The van der Waals surface area contributed by atoms with E-state index in [1.54, 1.807) is 13.2 Å². The van der Waals surface area contributed by atoms with Crippen molar-refractivity contribution in [3.63, 3.8) is 0 Å². The van der Waals surface area contributed by atoms with Gasteiger partial charge >= 0.3 is 0 Å². The summed E-state index contributed by atoms with van der Waals surface area (Å²) < 4.78 is 6.05. The zero-order chi connectivity index (χ0) is 15.2. The number of carbonyl (C=O) groups is 1. The van der Waals surface area contributed by atoms with Crippen molar-refractivity contribution in [2.45, 2.75) is 12.8 Å². The van der Waals surface area contributed by atoms with E-state index in [1.165, 1.54) is 0 Å². The minimum atomic E-state index is -0.0400. The molecule has 0 unspecified atom stereocenters. The van der Waals surface area contributed by atoms with Crippen LogP contribution < -0.4 is 15.8 Å². The average molecular weight is 349 g/mol. The van der Waals surface area contributed by atoms with Gasteiger partial charge in [-0.25, -0.2) is 0 Å². The van der Waals surface area contributed by atoms with E-state index >= 15 is 0 Å². The van der Waals surface area contributed by atoms with Gasteiger partial charge in [0.25, 0.3) is 0 Å². The van der Waals surface area contributed by atoms with Gasteiger partial charge in [0, 0.05) is 23.9 Å². The lowest BCUT2D eigenvalue weighted by Gasteiger charge is -2.09. The van der Waals surface area contributed by atoms with Crippen LogP contribution in [0.5, 0.6) is 5.75 Å². The van der Waals surface area contributed by atoms with Crippen LogP contribution in [0, 0.1) is 0 Å². The molecule has 0 heterocycles. The van der Waals surface area contributed by atoms with Crippen molar-refractivity contribution in [1.29, 1.82) is 0 Å². The Labute approximate surface area is 132 Å². The zero-order valence-corrected chi connectivity index (χ0v) is 13.3. The number of aryl methyl sites for hydroxylation is 1. The predicted molar refractivity (Wildman–Crippen MR) is 88.5 cm³/mol. The molecule has 0 bridgehead atoms. The topological polar surface area (TPSA) is 64.3 Å². The molecule has 5 heteroatoms. The molecule has 3 N–H and O–H groups in total. The molecule has 0 fully saturated rings. The molecule has 0 aliphatic rings. The monoisotopic (exact) mass is 348 g/mol. The molecular weight excluding hydrogens is 332 g/mol. The number of amides is 1. The number of rotatable bonds is 5. The lowest BCUT2D eigenvalue weighted by atomic mass is 10.1. The summed E-state index contributed by atoms with van der Waals surface area (Å²) in [4.78, 5) is 12.0. The van der Waals surface area contributed by atoms with Crippen LogP contribution >= 0.6 is 15.9 Å². The molecule has 21 heavy (non-hydrogen) atoms. The van der Waals surface area contributed by atoms with Crippen molar-refractivity contribution in [2.24, 2.45) is 0 Å². The number of hydrogen-bond donors (Lipinski definition) is 2. The summed E-state index contributed by atoms with van der Waals surface area (Å²) in [6.07, 6.45) is 1.06. The number of carbonyl (C=O) groups excluding carboxylic acids is 1. The van der Waals surface area contributed by atoms with Crippen molar-refractivity contribution in [2.75, 3.05) is 18.2 Å². The summed E-state index contributed by atoms with van der Waals surface area (Å²) in [6.45, 7) is 0. The normalized spacial score (nSPS) is 10.2. The largest absolute Gasteiger partial charge is 0.495 e. The summed E-state index contributed by atoms with van der Waals surface area (Å²) in [5, 5.41) is 2.86. The summed E-state index contributed by atoms with van der Waals surface area (Å²) in [5.74, 6) is 0.644. The maximum absolute atomic E-state index is 12.0. The molecule has 2 aromatic carbocycles. The molecule has 2 aromatic rings.